The number of nitrogens with zero attached hydrogens (tertiary/aromatic N) is 4. The number of ether oxygens (including phenoxy) is 1. The first kappa shape index (κ1) is 19.5. The number of amides is 1. The molecule has 2 heterocycles. The molecule has 2 aromatic carbocycles. The van der Waals surface area contributed by atoms with Crippen molar-refractivity contribution < 1.29 is 9.53 Å². The van der Waals surface area contributed by atoms with E-state index in [1.807, 2.05) is 18.2 Å². The van der Waals surface area contributed by atoms with Crippen LogP contribution >= 0.6 is 11.6 Å². The predicted octanol–water partition coefficient (Wildman–Crippen LogP) is 3.63. The number of para-hydroxylation sites is 1. The lowest BCUT2D eigenvalue weighted by Crippen LogP contribution is -2.36. The zero-order valence-electron chi connectivity index (χ0n) is 16.3. The Kier molecular flexibility index (Phi) is 5.83. The van der Waals surface area contributed by atoms with Gasteiger partial charge in [-0.25, -0.2) is 4.68 Å². The second kappa shape index (κ2) is 8.68. The zero-order chi connectivity index (χ0) is 20.2. The lowest BCUT2D eigenvalue weighted by Gasteiger charge is -2.29. The highest BCUT2D eigenvalue weighted by Gasteiger charge is 2.17. The first-order valence-electron chi connectivity index (χ1n) is 9.59. The van der Waals surface area contributed by atoms with E-state index in [-0.39, 0.29) is 5.91 Å². The summed E-state index contributed by atoms with van der Waals surface area (Å²) in [6.07, 6.45) is 1.75. The maximum absolute atomic E-state index is 12.8. The number of carbonyl (C=O) groups is 1. The van der Waals surface area contributed by atoms with Gasteiger partial charge >= 0.3 is 0 Å². The number of morpholine rings is 1. The molecule has 0 radical (unpaired) electrons. The number of benzene rings is 2. The van der Waals surface area contributed by atoms with Gasteiger partial charge in [-0.15, -0.1) is 0 Å². The monoisotopic (exact) mass is 410 g/mol. The number of halogens is 1. The van der Waals surface area contributed by atoms with Crippen LogP contribution < -0.4 is 4.90 Å². The van der Waals surface area contributed by atoms with Crippen molar-refractivity contribution in [1.29, 1.82) is 0 Å². The number of hydrogen-bond acceptors (Lipinski definition) is 4. The third kappa shape index (κ3) is 4.44. The Hall–Kier alpha value is -2.83. The van der Waals surface area contributed by atoms with Gasteiger partial charge < -0.3 is 14.5 Å². The van der Waals surface area contributed by atoms with Gasteiger partial charge in [0.2, 0.25) is 0 Å². The van der Waals surface area contributed by atoms with Crippen LogP contribution in [0.5, 0.6) is 0 Å². The molecule has 0 bridgehead atoms. The molecule has 1 amide bonds. The van der Waals surface area contributed by atoms with Gasteiger partial charge in [0.15, 0.2) is 5.69 Å². The number of rotatable bonds is 5. The van der Waals surface area contributed by atoms with E-state index >= 15 is 0 Å². The number of aromatic nitrogens is 2. The Morgan fingerprint density at radius 3 is 2.55 bits per heavy atom. The summed E-state index contributed by atoms with van der Waals surface area (Å²) < 4.78 is 7.03. The van der Waals surface area contributed by atoms with Crippen LogP contribution in [0.4, 0.5) is 5.69 Å². The second-order valence-corrected chi connectivity index (χ2v) is 7.43. The Morgan fingerprint density at radius 1 is 1.10 bits per heavy atom. The van der Waals surface area contributed by atoms with Gasteiger partial charge in [0.05, 0.1) is 23.9 Å². The summed E-state index contributed by atoms with van der Waals surface area (Å²) in [6.45, 7) is 3.86. The number of hydrogen-bond donors (Lipinski definition) is 0. The van der Waals surface area contributed by atoms with Gasteiger partial charge in [-0.05, 0) is 35.9 Å². The molecule has 3 aromatic rings. The van der Waals surface area contributed by atoms with Crippen LogP contribution in [0.25, 0.3) is 5.69 Å². The topological polar surface area (TPSA) is 50.6 Å². The second-order valence-electron chi connectivity index (χ2n) is 7.02. The Balaban J connectivity index is 1.41. The van der Waals surface area contributed by atoms with E-state index in [1.54, 1.807) is 35.0 Å². The summed E-state index contributed by atoms with van der Waals surface area (Å²) in [5, 5.41) is 4.99. The van der Waals surface area contributed by atoms with E-state index in [9.17, 15) is 4.79 Å². The zero-order valence-corrected chi connectivity index (χ0v) is 17.0. The summed E-state index contributed by atoms with van der Waals surface area (Å²) in [5.41, 5.74) is 3.39. The Morgan fingerprint density at radius 2 is 1.83 bits per heavy atom. The van der Waals surface area contributed by atoms with E-state index in [0.29, 0.717) is 17.3 Å². The molecular weight excluding hydrogens is 388 g/mol. The first-order chi connectivity index (χ1) is 14.1. The van der Waals surface area contributed by atoms with E-state index in [2.05, 4.69) is 34.3 Å². The SMILES string of the molecule is CN(Cc1ccc(N2CCOCC2)cc1)C(=O)c1ccn(-c2ccccc2Cl)n1. The molecule has 0 unspecified atom stereocenters. The van der Waals surface area contributed by atoms with Gasteiger partial charge in [0.1, 0.15) is 0 Å². The Labute approximate surface area is 175 Å². The molecule has 0 spiro atoms. The van der Waals surface area contributed by atoms with Crippen LogP contribution in [-0.4, -0.2) is 53.9 Å². The van der Waals surface area contributed by atoms with Crippen LogP contribution in [0.15, 0.2) is 60.8 Å². The van der Waals surface area contributed by atoms with Gasteiger partial charge in [0.25, 0.3) is 5.91 Å². The molecule has 7 heteroatoms. The molecular formula is C22H23ClN4O2. The Bertz CT molecular complexity index is 980. The fraction of sp³-hybridized carbons (Fsp3) is 0.273. The normalized spacial score (nSPS) is 14.1. The van der Waals surface area contributed by atoms with Gasteiger partial charge in [-0.1, -0.05) is 35.9 Å². The van der Waals surface area contributed by atoms with Crippen molar-refractivity contribution in [3.05, 3.63) is 77.1 Å². The van der Waals surface area contributed by atoms with Gasteiger partial charge in [-0.3, -0.25) is 4.79 Å². The van der Waals surface area contributed by atoms with E-state index in [1.165, 1.54) is 5.69 Å². The molecule has 1 saturated heterocycles. The summed E-state index contributed by atoms with van der Waals surface area (Å²) in [7, 11) is 1.78. The molecule has 1 aliphatic heterocycles. The molecule has 6 nitrogen and oxygen atoms in total. The first-order valence-corrected chi connectivity index (χ1v) is 9.97. The molecule has 0 atom stereocenters. The van der Waals surface area contributed by atoms with Crippen molar-refractivity contribution >= 4 is 23.2 Å². The molecule has 1 fully saturated rings. The third-order valence-electron chi connectivity index (χ3n) is 4.99. The maximum Gasteiger partial charge on any atom is 0.274 e. The maximum atomic E-state index is 12.8. The molecule has 0 saturated carbocycles. The quantitative estimate of drug-likeness (QED) is 0.644. The van der Waals surface area contributed by atoms with E-state index in [0.717, 1.165) is 37.6 Å². The minimum Gasteiger partial charge on any atom is -0.378 e. The standard InChI is InChI=1S/C22H23ClN4O2/c1-25(16-17-6-8-18(9-7-17)26-12-14-29-15-13-26)22(28)20-10-11-27(24-20)21-5-3-2-4-19(21)23/h2-11H,12-16H2,1H3. The lowest BCUT2D eigenvalue weighted by atomic mass is 10.1. The van der Waals surface area contributed by atoms with Crippen LogP contribution in [0.2, 0.25) is 5.02 Å². The average molecular weight is 411 g/mol. The average Bonchev–Trinajstić information content (AvgIpc) is 3.24. The van der Waals surface area contributed by atoms with Crippen LogP contribution in [0.3, 0.4) is 0 Å². The number of carbonyl (C=O) groups excluding carboxylic acids is 1. The molecule has 1 aliphatic rings. The molecule has 1 aromatic heterocycles. The fourth-order valence-corrected chi connectivity index (χ4v) is 3.61. The van der Waals surface area contributed by atoms with Crippen molar-refractivity contribution in [2.24, 2.45) is 0 Å². The molecule has 150 valence electrons. The lowest BCUT2D eigenvalue weighted by molar-refractivity contribution is 0.0779. The minimum absolute atomic E-state index is 0.131. The minimum atomic E-state index is -0.131. The van der Waals surface area contributed by atoms with Crippen LogP contribution in [0, 0.1) is 0 Å². The smallest absolute Gasteiger partial charge is 0.274 e. The summed E-state index contributed by atoms with van der Waals surface area (Å²) in [5.74, 6) is -0.131. The van der Waals surface area contributed by atoms with E-state index in [4.69, 9.17) is 16.3 Å². The van der Waals surface area contributed by atoms with Crippen molar-refractivity contribution in [2.75, 3.05) is 38.3 Å². The highest BCUT2D eigenvalue weighted by atomic mass is 35.5. The van der Waals surface area contributed by atoms with E-state index < -0.39 is 0 Å². The molecule has 29 heavy (non-hydrogen) atoms. The van der Waals surface area contributed by atoms with Crippen molar-refractivity contribution in [3.8, 4) is 5.69 Å². The number of anilines is 1. The van der Waals surface area contributed by atoms with Crippen molar-refractivity contribution in [1.82, 2.24) is 14.7 Å². The van der Waals surface area contributed by atoms with Gasteiger partial charge in [0, 0.05) is 38.6 Å². The van der Waals surface area contributed by atoms with Gasteiger partial charge in [-0.2, -0.15) is 5.10 Å². The fourth-order valence-electron chi connectivity index (χ4n) is 3.38. The summed E-state index contributed by atoms with van der Waals surface area (Å²) in [6, 6.07) is 17.5. The predicted molar refractivity (Wildman–Crippen MR) is 114 cm³/mol. The van der Waals surface area contributed by atoms with Crippen molar-refractivity contribution in [3.63, 3.8) is 0 Å². The highest BCUT2D eigenvalue weighted by molar-refractivity contribution is 6.32. The molecule has 0 aliphatic carbocycles. The largest absolute Gasteiger partial charge is 0.378 e. The van der Waals surface area contributed by atoms with Crippen LogP contribution in [0.1, 0.15) is 16.1 Å². The molecule has 4 rings (SSSR count). The molecule has 0 N–H and O–H groups in total. The summed E-state index contributed by atoms with van der Waals surface area (Å²) in [4.78, 5) is 16.8. The van der Waals surface area contributed by atoms with Crippen molar-refractivity contribution in [2.45, 2.75) is 6.54 Å². The summed E-state index contributed by atoms with van der Waals surface area (Å²) >= 11 is 6.22. The third-order valence-corrected chi connectivity index (χ3v) is 5.31. The van der Waals surface area contributed by atoms with Crippen LogP contribution in [-0.2, 0) is 11.3 Å². The highest BCUT2D eigenvalue weighted by Crippen LogP contribution is 2.20.